The van der Waals surface area contributed by atoms with E-state index in [1.54, 1.807) is 37.4 Å². The number of amides is 1. The molecule has 0 N–H and O–H groups in total. The largest absolute Gasteiger partial charge is 0.497 e. The number of hydrogen-bond acceptors (Lipinski definition) is 6. The summed E-state index contributed by atoms with van der Waals surface area (Å²) in [6.07, 6.45) is 4.45. The third-order valence-electron chi connectivity index (χ3n) is 9.15. The summed E-state index contributed by atoms with van der Waals surface area (Å²) in [7, 11) is 3.80. The van der Waals surface area contributed by atoms with Crippen LogP contribution in [0.2, 0.25) is 10.0 Å². The van der Waals surface area contributed by atoms with E-state index in [9.17, 15) is 14.3 Å². The van der Waals surface area contributed by atoms with Crippen LogP contribution < -0.4 is 9.47 Å². The summed E-state index contributed by atoms with van der Waals surface area (Å²) in [5.41, 5.74) is 2.85. The molecule has 0 bridgehead atoms. The first-order valence-electron chi connectivity index (χ1n) is 15.6. The zero-order valence-corrected chi connectivity index (χ0v) is 29.4. The number of carbonyl (C=O) groups is 1. The second-order valence-electron chi connectivity index (χ2n) is 12.0. The van der Waals surface area contributed by atoms with Gasteiger partial charge in [0, 0.05) is 30.7 Å². The van der Waals surface area contributed by atoms with Crippen molar-refractivity contribution < 1.29 is 18.5 Å². The van der Waals surface area contributed by atoms with Crippen molar-refractivity contribution in [1.82, 2.24) is 9.80 Å². The van der Waals surface area contributed by atoms with E-state index in [2.05, 4.69) is 17.0 Å². The maximum Gasteiger partial charge on any atom is 0.258 e. The summed E-state index contributed by atoms with van der Waals surface area (Å²) < 4.78 is 23.5. The lowest BCUT2D eigenvalue weighted by molar-refractivity contribution is 0.0780. The maximum absolute atomic E-state index is 14.1. The molecule has 5 rings (SSSR count). The second kappa shape index (κ2) is 15.5. The van der Waals surface area contributed by atoms with Crippen LogP contribution in [0.1, 0.15) is 58.1 Å². The summed E-state index contributed by atoms with van der Waals surface area (Å²) in [4.78, 5) is 19.2. The van der Waals surface area contributed by atoms with Crippen molar-refractivity contribution in [3.05, 3.63) is 99.0 Å². The molecule has 47 heavy (non-hydrogen) atoms. The zero-order valence-electron chi connectivity index (χ0n) is 27.1. The number of fused-ring (bicyclic) bond motifs is 1. The lowest BCUT2D eigenvalue weighted by atomic mass is 9.88. The number of nitriles is 1. The number of nitrogens with zero attached hydrogens (tertiary/aromatic N) is 3. The number of hydrogen-bond donors (Lipinski definition) is 0. The topological polar surface area (TPSA) is 82.9 Å². The van der Waals surface area contributed by atoms with E-state index in [0.29, 0.717) is 33.6 Å². The minimum absolute atomic E-state index is 0.0245. The predicted molar refractivity (Wildman–Crippen MR) is 190 cm³/mol. The molecule has 0 spiro atoms. The third-order valence-corrected chi connectivity index (χ3v) is 10.9. The molecular formula is C37H39Cl2N3O4S. The Morgan fingerprint density at radius 2 is 1.79 bits per heavy atom. The van der Waals surface area contributed by atoms with Gasteiger partial charge in [-0.2, -0.15) is 5.26 Å². The Balaban J connectivity index is 1.34. The molecule has 2 atom stereocenters. The molecule has 1 aliphatic rings. The third kappa shape index (κ3) is 7.76. The smallest absolute Gasteiger partial charge is 0.258 e. The summed E-state index contributed by atoms with van der Waals surface area (Å²) in [6.45, 7) is 3.10. The second-order valence-corrected chi connectivity index (χ2v) is 14.1. The molecule has 0 radical (unpaired) electrons. The van der Waals surface area contributed by atoms with Crippen molar-refractivity contribution in [2.75, 3.05) is 53.7 Å². The number of methoxy groups -OCH3 is 2. The molecule has 0 aliphatic carbocycles. The van der Waals surface area contributed by atoms with Crippen LogP contribution in [0.4, 0.5) is 0 Å². The predicted octanol–water partition coefficient (Wildman–Crippen LogP) is 7.90. The zero-order chi connectivity index (χ0) is 33.7. The van der Waals surface area contributed by atoms with Crippen LogP contribution in [-0.4, -0.2) is 73.6 Å². The number of halogens is 2. The quantitative estimate of drug-likeness (QED) is 0.159. The number of likely N-dealkylation sites (N-methyl/N-ethyl adjacent to an activating group) is 1. The number of ether oxygens (including phenoxy) is 2. The van der Waals surface area contributed by atoms with Gasteiger partial charge < -0.3 is 19.3 Å². The van der Waals surface area contributed by atoms with Crippen molar-refractivity contribution in [3.8, 4) is 17.6 Å². The van der Waals surface area contributed by atoms with Crippen LogP contribution in [0.5, 0.6) is 11.5 Å². The van der Waals surface area contributed by atoms with Gasteiger partial charge in [-0.3, -0.25) is 9.00 Å². The summed E-state index contributed by atoms with van der Waals surface area (Å²) >= 11 is 12.7. The molecule has 1 amide bonds. The van der Waals surface area contributed by atoms with E-state index in [4.69, 9.17) is 32.7 Å². The Hall–Kier alpha value is -3.61. The first kappa shape index (κ1) is 34.7. The monoisotopic (exact) mass is 691 g/mol. The van der Waals surface area contributed by atoms with Gasteiger partial charge in [0.15, 0.2) is 0 Å². The van der Waals surface area contributed by atoms with Gasteiger partial charge in [0.2, 0.25) is 0 Å². The Labute approximate surface area is 289 Å². The van der Waals surface area contributed by atoms with E-state index in [-0.39, 0.29) is 17.6 Å². The summed E-state index contributed by atoms with van der Waals surface area (Å²) in [6, 6.07) is 23.1. The standard InChI is InChI=1S/C37H39Cl2N3O4S/c1-41(37(43)35-31-8-6-5-7-26(31)19-28(22-40)36(35)46-3)23-27(25-9-12-32(38)33(39)20-25)15-18-42-16-13-24(14-17-42)30-11-10-29(45-2)21-34(30)47(4)44/h5-12,19-21,24,27H,13-18,23H2,1-4H3/t27-,47?/m1/s1. The molecule has 10 heteroatoms. The lowest BCUT2D eigenvalue weighted by Gasteiger charge is -2.34. The average Bonchev–Trinajstić information content (AvgIpc) is 3.09. The molecule has 1 heterocycles. The van der Waals surface area contributed by atoms with E-state index >= 15 is 0 Å². The molecule has 4 aromatic carbocycles. The number of likely N-dealkylation sites (tertiary alicyclic amines) is 1. The number of carbonyl (C=O) groups excluding carboxylic acids is 1. The highest BCUT2D eigenvalue weighted by Gasteiger charge is 2.28. The van der Waals surface area contributed by atoms with E-state index in [1.165, 1.54) is 7.11 Å². The lowest BCUT2D eigenvalue weighted by Crippen LogP contribution is -2.36. The van der Waals surface area contributed by atoms with Gasteiger partial charge in [0.25, 0.3) is 5.91 Å². The number of piperidine rings is 1. The fourth-order valence-corrected chi connectivity index (χ4v) is 7.76. The number of benzene rings is 4. The van der Waals surface area contributed by atoms with Crippen molar-refractivity contribution >= 4 is 50.7 Å². The van der Waals surface area contributed by atoms with Gasteiger partial charge in [0.1, 0.15) is 17.6 Å². The van der Waals surface area contributed by atoms with Gasteiger partial charge in [-0.25, -0.2) is 0 Å². The van der Waals surface area contributed by atoms with Crippen molar-refractivity contribution in [1.29, 1.82) is 5.26 Å². The Morgan fingerprint density at radius 3 is 2.45 bits per heavy atom. The summed E-state index contributed by atoms with van der Waals surface area (Å²) in [5, 5.41) is 12.3. The molecule has 7 nitrogen and oxygen atoms in total. The SMILES string of the molecule is COc1ccc(C2CCN(CC[C@H](CN(C)C(=O)c3c(OC)c(C#N)cc4ccccc34)c3ccc(Cl)c(Cl)c3)CC2)c(S(C)=O)c1. The van der Waals surface area contributed by atoms with Crippen LogP contribution in [0.25, 0.3) is 10.8 Å². The Morgan fingerprint density at radius 1 is 1.04 bits per heavy atom. The molecule has 1 aliphatic heterocycles. The van der Waals surface area contributed by atoms with Crippen LogP contribution in [0.15, 0.2) is 71.6 Å². The van der Waals surface area contributed by atoms with Gasteiger partial charge in [-0.15, -0.1) is 0 Å². The maximum atomic E-state index is 14.1. The van der Waals surface area contributed by atoms with Crippen LogP contribution in [0.3, 0.4) is 0 Å². The fraction of sp³-hybridized carbons (Fsp3) is 0.351. The van der Waals surface area contributed by atoms with Crippen molar-refractivity contribution in [2.24, 2.45) is 0 Å². The Bertz CT molecular complexity index is 1830. The van der Waals surface area contributed by atoms with Gasteiger partial charge in [0.05, 0.1) is 46.2 Å². The first-order valence-corrected chi connectivity index (χ1v) is 17.9. The van der Waals surface area contributed by atoms with Crippen LogP contribution in [-0.2, 0) is 10.8 Å². The minimum atomic E-state index is -1.10. The van der Waals surface area contributed by atoms with Crippen LogP contribution in [0, 0.1) is 11.3 Å². The average molecular weight is 693 g/mol. The Kier molecular flexibility index (Phi) is 11.5. The normalized spacial score (nSPS) is 15.2. The van der Waals surface area contributed by atoms with Gasteiger partial charge >= 0.3 is 0 Å². The molecule has 0 saturated carbocycles. The molecular weight excluding hydrogens is 653 g/mol. The minimum Gasteiger partial charge on any atom is -0.497 e. The van der Waals surface area contributed by atoms with Gasteiger partial charge in [-0.05, 0) is 97.0 Å². The molecule has 1 saturated heterocycles. The first-order chi connectivity index (χ1) is 22.6. The molecule has 246 valence electrons. The highest BCUT2D eigenvalue weighted by atomic mass is 35.5. The number of rotatable bonds is 11. The van der Waals surface area contributed by atoms with E-state index in [1.807, 2.05) is 48.5 Å². The van der Waals surface area contributed by atoms with E-state index < -0.39 is 10.8 Å². The molecule has 1 unspecified atom stereocenters. The van der Waals surface area contributed by atoms with Crippen LogP contribution >= 0.6 is 23.2 Å². The van der Waals surface area contributed by atoms with Gasteiger partial charge in [-0.1, -0.05) is 59.6 Å². The van der Waals surface area contributed by atoms with E-state index in [0.717, 1.165) is 71.4 Å². The molecule has 4 aromatic rings. The molecule has 1 fully saturated rings. The highest BCUT2D eigenvalue weighted by Crippen LogP contribution is 2.36. The van der Waals surface area contributed by atoms with Crippen molar-refractivity contribution in [2.45, 2.75) is 36.0 Å². The van der Waals surface area contributed by atoms with Crippen molar-refractivity contribution in [3.63, 3.8) is 0 Å². The highest BCUT2D eigenvalue weighted by molar-refractivity contribution is 7.84. The fourth-order valence-electron chi connectivity index (χ4n) is 6.60. The summed E-state index contributed by atoms with van der Waals surface area (Å²) in [5.74, 6) is 1.09. The molecule has 0 aromatic heterocycles.